The van der Waals surface area contributed by atoms with Crippen molar-refractivity contribution in [3.63, 3.8) is 0 Å². The zero-order valence-corrected chi connectivity index (χ0v) is 12.0. The number of benzene rings is 2. The Hall–Kier alpha value is -1.44. The Morgan fingerprint density at radius 3 is 2.35 bits per heavy atom. The van der Waals surface area contributed by atoms with E-state index < -0.39 is 5.92 Å². The van der Waals surface area contributed by atoms with Crippen LogP contribution in [0.2, 0.25) is 0 Å². The maximum absolute atomic E-state index is 12.7. The first-order chi connectivity index (χ1) is 9.56. The predicted octanol–water partition coefficient (Wildman–Crippen LogP) is 5.99. The molecule has 0 aromatic heterocycles. The summed E-state index contributed by atoms with van der Waals surface area (Å²) in [6.45, 7) is 1.00. The van der Waals surface area contributed by atoms with Crippen molar-refractivity contribution in [2.45, 2.75) is 51.4 Å². The van der Waals surface area contributed by atoms with E-state index in [1.807, 2.05) is 0 Å². The number of hydrogen-bond acceptors (Lipinski definition) is 0. The number of aryl methyl sites for hydroxylation is 1. The number of hydrogen-bond donors (Lipinski definition) is 0. The van der Waals surface area contributed by atoms with Crippen LogP contribution in [0.1, 0.15) is 44.6 Å². The summed E-state index contributed by atoms with van der Waals surface area (Å²) >= 11 is 0. The largest absolute Gasteiger partial charge is 0.245 e. The van der Waals surface area contributed by atoms with Gasteiger partial charge in [-0.3, -0.25) is 0 Å². The van der Waals surface area contributed by atoms with Crippen molar-refractivity contribution in [1.29, 1.82) is 0 Å². The minimum Gasteiger partial charge on any atom is -0.207 e. The third-order valence-electron chi connectivity index (χ3n) is 3.69. The lowest BCUT2D eigenvalue weighted by Crippen LogP contribution is -2.08. The Kier molecular flexibility index (Phi) is 5.11. The summed E-state index contributed by atoms with van der Waals surface area (Å²) in [5.74, 6) is -2.50. The molecule has 0 heterocycles. The van der Waals surface area contributed by atoms with Gasteiger partial charge in [0.25, 0.3) is 0 Å². The highest BCUT2D eigenvalue weighted by atomic mass is 19.3. The van der Waals surface area contributed by atoms with Gasteiger partial charge >= 0.3 is 0 Å². The lowest BCUT2D eigenvalue weighted by molar-refractivity contribution is 0.0104. The van der Waals surface area contributed by atoms with Crippen LogP contribution in [0.25, 0.3) is 10.8 Å². The molecule has 0 aliphatic carbocycles. The topological polar surface area (TPSA) is 0 Å². The van der Waals surface area contributed by atoms with E-state index in [-0.39, 0.29) is 6.42 Å². The molecule has 0 amide bonds. The summed E-state index contributed by atoms with van der Waals surface area (Å²) in [7, 11) is 0. The molecule has 20 heavy (non-hydrogen) atoms. The maximum atomic E-state index is 12.7. The van der Waals surface area contributed by atoms with Crippen LogP contribution in [0.5, 0.6) is 0 Å². The quantitative estimate of drug-likeness (QED) is 0.545. The number of unbranched alkanes of at least 4 members (excludes halogenated alkanes) is 3. The fourth-order valence-electron chi connectivity index (χ4n) is 2.61. The molecule has 0 saturated heterocycles. The zero-order valence-electron chi connectivity index (χ0n) is 12.0. The number of alkyl halides is 2. The van der Waals surface area contributed by atoms with Gasteiger partial charge in [0, 0.05) is 6.42 Å². The molecule has 0 fully saturated rings. The van der Waals surface area contributed by atoms with E-state index in [9.17, 15) is 8.78 Å². The molecule has 108 valence electrons. The van der Waals surface area contributed by atoms with Crippen LogP contribution in [-0.2, 0) is 6.42 Å². The number of halogens is 2. The molecule has 0 radical (unpaired) electrons. The van der Waals surface area contributed by atoms with Crippen molar-refractivity contribution in [3.05, 3.63) is 48.0 Å². The Balaban J connectivity index is 1.79. The Labute approximate surface area is 119 Å². The molecule has 0 N–H and O–H groups in total. The van der Waals surface area contributed by atoms with Crippen LogP contribution < -0.4 is 0 Å². The molecule has 2 heteroatoms. The second-order valence-corrected chi connectivity index (χ2v) is 5.62. The molecule has 0 saturated carbocycles. The lowest BCUT2D eigenvalue weighted by Gasteiger charge is -2.09. The van der Waals surface area contributed by atoms with E-state index in [4.69, 9.17) is 0 Å². The Bertz CT molecular complexity index is 535. The van der Waals surface area contributed by atoms with Crippen molar-refractivity contribution in [3.8, 4) is 0 Å². The highest BCUT2D eigenvalue weighted by Gasteiger charge is 2.19. The van der Waals surface area contributed by atoms with Crippen LogP contribution in [-0.4, -0.2) is 5.92 Å². The molecule has 2 aromatic carbocycles. The molecule has 0 nitrogen and oxygen atoms in total. The van der Waals surface area contributed by atoms with Gasteiger partial charge in [0.15, 0.2) is 0 Å². The fourth-order valence-corrected chi connectivity index (χ4v) is 2.61. The first kappa shape index (κ1) is 15.0. The van der Waals surface area contributed by atoms with Crippen LogP contribution in [0.4, 0.5) is 8.78 Å². The highest BCUT2D eigenvalue weighted by molar-refractivity contribution is 5.85. The summed E-state index contributed by atoms with van der Waals surface area (Å²) in [5.41, 5.74) is 1.36. The molecule has 0 aliphatic heterocycles. The maximum Gasteiger partial charge on any atom is 0.245 e. The highest BCUT2D eigenvalue weighted by Crippen LogP contribution is 2.22. The summed E-state index contributed by atoms with van der Waals surface area (Å²) in [6, 6.07) is 14.8. The SMILES string of the molecule is CC(F)(F)CCCCCCc1cccc2ccccc12. The first-order valence-electron chi connectivity index (χ1n) is 7.41. The normalized spacial score (nSPS) is 11.9. The zero-order chi connectivity index (χ0) is 14.4. The fraction of sp³-hybridized carbons (Fsp3) is 0.444. The lowest BCUT2D eigenvalue weighted by atomic mass is 9.99. The van der Waals surface area contributed by atoms with Crippen molar-refractivity contribution < 1.29 is 8.78 Å². The second-order valence-electron chi connectivity index (χ2n) is 5.62. The smallest absolute Gasteiger partial charge is 0.207 e. The summed E-state index contributed by atoms with van der Waals surface area (Å²) in [4.78, 5) is 0. The molecular weight excluding hydrogens is 254 g/mol. The van der Waals surface area contributed by atoms with Crippen LogP contribution >= 0.6 is 0 Å². The van der Waals surface area contributed by atoms with Crippen molar-refractivity contribution >= 4 is 10.8 Å². The standard InChI is InChI=1S/C18H22F2/c1-18(19,20)14-7-3-2-4-9-15-11-8-12-16-10-5-6-13-17(15)16/h5-6,8,10-13H,2-4,7,9,14H2,1H3. The van der Waals surface area contributed by atoms with Crippen LogP contribution in [0, 0.1) is 0 Å². The number of fused-ring (bicyclic) bond motifs is 1. The van der Waals surface area contributed by atoms with E-state index in [1.54, 1.807) is 0 Å². The summed E-state index contributed by atoms with van der Waals surface area (Å²) < 4.78 is 25.3. The van der Waals surface area contributed by atoms with E-state index >= 15 is 0 Å². The Morgan fingerprint density at radius 1 is 0.850 bits per heavy atom. The molecule has 0 atom stereocenters. The van der Waals surface area contributed by atoms with Gasteiger partial charge in [-0.15, -0.1) is 0 Å². The van der Waals surface area contributed by atoms with E-state index in [0.29, 0.717) is 6.42 Å². The second kappa shape index (κ2) is 6.83. The van der Waals surface area contributed by atoms with Crippen molar-refractivity contribution in [1.82, 2.24) is 0 Å². The van der Waals surface area contributed by atoms with Gasteiger partial charge in [-0.25, -0.2) is 8.78 Å². The van der Waals surface area contributed by atoms with Crippen molar-refractivity contribution in [2.75, 3.05) is 0 Å². The predicted molar refractivity (Wildman–Crippen MR) is 81.4 cm³/mol. The summed E-state index contributed by atoms with van der Waals surface area (Å²) in [5, 5.41) is 2.59. The molecule has 2 aromatic rings. The van der Waals surface area contributed by atoms with E-state index in [2.05, 4.69) is 42.5 Å². The average molecular weight is 276 g/mol. The van der Waals surface area contributed by atoms with Gasteiger partial charge in [-0.2, -0.15) is 0 Å². The third-order valence-corrected chi connectivity index (χ3v) is 3.69. The van der Waals surface area contributed by atoms with Crippen LogP contribution in [0.3, 0.4) is 0 Å². The molecule has 0 spiro atoms. The van der Waals surface area contributed by atoms with Crippen molar-refractivity contribution in [2.24, 2.45) is 0 Å². The van der Waals surface area contributed by atoms with Gasteiger partial charge in [0.2, 0.25) is 5.92 Å². The van der Waals surface area contributed by atoms with E-state index in [1.165, 1.54) is 16.3 Å². The Morgan fingerprint density at radius 2 is 1.55 bits per heavy atom. The molecule has 2 rings (SSSR count). The molecular formula is C18H22F2. The van der Waals surface area contributed by atoms with Gasteiger partial charge < -0.3 is 0 Å². The number of rotatable bonds is 7. The summed E-state index contributed by atoms with van der Waals surface area (Å²) in [6.07, 6.45) is 4.67. The monoisotopic (exact) mass is 276 g/mol. The third kappa shape index (κ3) is 4.59. The average Bonchev–Trinajstić information content (AvgIpc) is 2.41. The molecule has 0 bridgehead atoms. The van der Waals surface area contributed by atoms with Gasteiger partial charge in [-0.1, -0.05) is 55.3 Å². The van der Waals surface area contributed by atoms with Gasteiger partial charge in [0.05, 0.1) is 0 Å². The van der Waals surface area contributed by atoms with E-state index in [0.717, 1.165) is 32.6 Å². The minimum atomic E-state index is -2.50. The van der Waals surface area contributed by atoms with Gasteiger partial charge in [0.1, 0.15) is 0 Å². The van der Waals surface area contributed by atoms with Gasteiger partial charge in [-0.05, 0) is 42.5 Å². The van der Waals surface area contributed by atoms with Crippen LogP contribution in [0.15, 0.2) is 42.5 Å². The first-order valence-corrected chi connectivity index (χ1v) is 7.41. The molecule has 0 aliphatic rings. The molecule has 0 unspecified atom stereocenters. The minimum absolute atomic E-state index is 0.0151.